The fourth-order valence-electron chi connectivity index (χ4n) is 2.51. The van der Waals surface area contributed by atoms with Gasteiger partial charge in [-0.25, -0.2) is 0 Å². The molecule has 0 N–H and O–H groups in total. The summed E-state index contributed by atoms with van der Waals surface area (Å²) in [5, 5.41) is 0. The Bertz CT molecular complexity index is 161. The van der Waals surface area contributed by atoms with Gasteiger partial charge in [0.15, 0.2) is 0 Å². The Balaban J connectivity index is 2.09. The zero-order valence-electron chi connectivity index (χ0n) is 8.01. The van der Waals surface area contributed by atoms with E-state index in [1.54, 1.807) is 0 Å². The molecule has 2 fully saturated rings. The van der Waals surface area contributed by atoms with Crippen LogP contribution < -0.4 is 0 Å². The number of hydrogen-bond donors (Lipinski definition) is 0. The summed E-state index contributed by atoms with van der Waals surface area (Å²) in [6.45, 7) is 7.24. The summed E-state index contributed by atoms with van der Waals surface area (Å²) in [4.78, 5) is 0. The Morgan fingerprint density at radius 3 is 2.83 bits per heavy atom. The van der Waals surface area contributed by atoms with Gasteiger partial charge in [0.2, 0.25) is 0 Å². The lowest BCUT2D eigenvalue weighted by Gasteiger charge is -2.41. The minimum atomic E-state index is 0.359. The highest BCUT2D eigenvalue weighted by Crippen LogP contribution is 2.43. The van der Waals surface area contributed by atoms with Crippen molar-refractivity contribution in [2.45, 2.75) is 32.8 Å². The molecule has 0 aromatic heterocycles. The zero-order valence-corrected chi connectivity index (χ0v) is 8.01. The summed E-state index contributed by atoms with van der Waals surface area (Å²) in [5.41, 5.74) is 0.359. The molecule has 2 aliphatic heterocycles. The molecular formula is C10H18O2. The second-order valence-electron chi connectivity index (χ2n) is 4.45. The Hall–Kier alpha value is -0.0800. The summed E-state index contributed by atoms with van der Waals surface area (Å²) in [5.74, 6) is 0.711. The zero-order chi connectivity index (χ0) is 8.60. The maximum absolute atomic E-state index is 5.75. The van der Waals surface area contributed by atoms with E-state index in [0.29, 0.717) is 17.4 Å². The van der Waals surface area contributed by atoms with Gasteiger partial charge < -0.3 is 9.47 Å². The van der Waals surface area contributed by atoms with Crippen LogP contribution in [0.3, 0.4) is 0 Å². The molecule has 0 radical (unpaired) electrons. The van der Waals surface area contributed by atoms with Gasteiger partial charge in [0, 0.05) is 18.6 Å². The van der Waals surface area contributed by atoms with Gasteiger partial charge in [-0.2, -0.15) is 0 Å². The van der Waals surface area contributed by atoms with Gasteiger partial charge in [0.25, 0.3) is 0 Å². The third-order valence-corrected chi connectivity index (χ3v) is 3.38. The molecule has 2 rings (SSSR count). The molecule has 2 aliphatic rings. The third kappa shape index (κ3) is 1.27. The van der Waals surface area contributed by atoms with Crippen LogP contribution in [0, 0.1) is 11.3 Å². The fourth-order valence-corrected chi connectivity index (χ4v) is 2.51. The van der Waals surface area contributed by atoms with Crippen molar-refractivity contribution >= 4 is 0 Å². The van der Waals surface area contributed by atoms with Crippen LogP contribution in [0.5, 0.6) is 0 Å². The third-order valence-electron chi connectivity index (χ3n) is 3.38. The molecule has 0 bridgehead atoms. The highest BCUT2D eigenvalue weighted by molar-refractivity contribution is 4.92. The molecule has 1 spiro atoms. The molecular weight excluding hydrogens is 152 g/mol. The average Bonchev–Trinajstić information content (AvgIpc) is 2.48. The summed E-state index contributed by atoms with van der Waals surface area (Å²) in [6, 6.07) is 0. The smallest absolute Gasteiger partial charge is 0.0626 e. The summed E-state index contributed by atoms with van der Waals surface area (Å²) < 4.78 is 11.2. The number of hydrogen-bond acceptors (Lipinski definition) is 2. The average molecular weight is 170 g/mol. The number of ether oxygens (including phenoxy) is 2. The van der Waals surface area contributed by atoms with E-state index in [4.69, 9.17) is 9.47 Å². The largest absolute Gasteiger partial charge is 0.381 e. The van der Waals surface area contributed by atoms with Crippen molar-refractivity contribution in [1.29, 1.82) is 0 Å². The Labute approximate surface area is 74.2 Å². The van der Waals surface area contributed by atoms with Gasteiger partial charge in [0.05, 0.1) is 12.7 Å². The van der Waals surface area contributed by atoms with E-state index in [9.17, 15) is 0 Å². The van der Waals surface area contributed by atoms with E-state index < -0.39 is 0 Å². The monoisotopic (exact) mass is 170 g/mol. The van der Waals surface area contributed by atoms with Crippen LogP contribution in [0.2, 0.25) is 0 Å². The molecule has 2 heteroatoms. The van der Waals surface area contributed by atoms with Crippen molar-refractivity contribution in [2.75, 3.05) is 19.8 Å². The first-order chi connectivity index (χ1) is 5.73. The first-order valence-corrected chi connectivity index (χ1v) is 4.92. The van der Waals surface area contributed by atoms with E-state index in [-0.39, 0.29) is 0 Å². The van der Waals surface area contributed by atoms with Crippen molar-refractivity contribution in [3.8, 4) is 0 Å². The van der Waals surface area contributed by atoms with Gasteiger partial charge in [0.1, 0.15) is 0 Å². The maximum Gasteiger partial charge on any atom is 0.0626 e. The van der Waals surface area contributed by atoms with Gasteiger partial charge in [-0.05, 0) is 25.7 Å². The number of rotatable bonds is 0. The van der Waals surface area contributed by atoms with E-state index >= 15 is 0 Å². The summed E-state index contributed by atoms with van der Waals surface area (Å²) in [6.07, 6.45) is 2.88. The van der Waals surface area contributed by atoms with E-state index in [1.807, 2.05) is 0 Å². The van der Waals surface area contributed by atoms with Crippen molar-refractivity contribution < 1.29 is 9.47 Å². The summed E-state index contributed by atoms with van der Waals surface area (Å²) >= 11 is 0. The lowest BCUT2D eigenvalue weighted by atomic mass is 9.73. The van der Waals surface area contributed by atoms with Crippen LogP contribution in [0.4, 0.5) is 0 Å². The Kier molecular flexibility index (Phi) is 2.13. The minimum Gasteiger partial charge on any atom is -0.381 e. The molecule has 0 aliphatic carbocycles. The van der Waals surface area contributed by atoms with E-state index in [0.717, 1.165) is 19.8 Å². The first-order valence-electron chi connectivity index (χ1n) is 4.92. The van der Waals surface area contributed by atoms with Gasteiger partial charge in [-0.1, -0.05) is 6.92 Å². The van der Waals surface area contributed by atoms with E-state index in [1.165, 1.54) is 12.8 Å². The maximum atomic E-state index is 5.75. The summed E-state index contributed by atoms with van der Waals surface area (Å²) in [7, 11) is 0. The van der Waals surface area contributed by atoms with Crippen molar-refractivity contribution in [3.63, 3.8) is 0 Å². The second kappa shape index (κ2) is 3.00. The highest BCUT2D eigenvalue weighted by Gasteiger charge is 2.44. The minimum absolute atomic E-state index is 0.359. The normalized spacial score (nSPS) is 48.5. The SMILES string of the molecule is CC1COC(C)C2(CCOC2)C1. The van der Waals surface area contributed by atoms with Gasteiger partial charge in [-0.15, -0.1) is 0 Å². The van der Waals surface area contributed by atoms with Crippen molar-refractivity contribution in [2.24, 2.45) is 11.3 Å². The highest BCUT2D eigenvalue weighted by atomic mass is 16.5. The molecule has 2 nitrogen and oxygen atoms in total. The van der Waals surface area contributed by atoms with Crippen LogP contribution >= 0.6 is 0 Å². The van der Waals surface area contributed by atoms with Crippen molar-refractivity contribution in [1.82, 2.24) is 0 Å². The Morgan fingerprint density at radius 1 is 1.33 bits per heavy atom. The van der Waals surface area contributed by atoms with Gasteiger partial charge in [-0.3, -0.25) is 0 Å². The van der Waals surface area contributed by atoms with E-state index in [2.05, 4.69) is 13.8 Å². The van der Waals surface area contributed by atoms with Crippen LogP contribution in [0.15, 0.2) is 0 Å². The topological polar surface area (TPSA) is 18.5 Å². The second-order valence-corrected chi connectivity index (χ2v) is 4.45. The lowest BCUT2D eigenvalue weighted by molar-refractivity contribution is -0.0983. The molecule has 0 aromatic rings. The van der Waals surface area contributed by atoms with Crippen molar-refractivity contribution in [3.05, 3.63) is 0 Å². The molecule has 0 amide bonds. The molecule has 0 saturated carbocycles. The molecule has 2 heterocycles. The quantitative estimate of drug-likeness (QED) is 0.552. The lowest BCUT2D eigenvalue weighted by Crippen LogP contribution is -2.42. The van der Waals surface area contributed by atoms with Gasteiger partial charge >= 0.3 is 0 Å². The molecule has 3 atom stereocenters. The first kappa shape index (κ1) is 8.52. The molecule has 3 unspecified atom stereocenters. The molecule has 12 heavy (non-hydrogen) atoms. The fraction of sp³-hybridized carbons (Fsp3) is 1.00. The predicted molar refractivity (Wildman–Crippen MR) is 47.1 cm³/mol. The van der Waals surface area contributed by atoms with Crippen LogP contribution in [0.1, 0.15) is 26.7 Å². The Morgan fingerprint density at radius 2 is 2.17 bits per heavy atom. The molecule has 2 saturated heterocycles. The van der Waals surface area contributed by atoms with Crippen LogP contribution in [0.25, 0.3) is 0 Å². The van der Waals surface area contributed by atoms with Crippen LogP contribution in [-0.2, 0) is 9.47 Å². The standard InChI is InChI=1S/C10H18O2/c1-8-5-10(3-4-11-7-10)9(2)12-6-8/h8-9H,3-7H2,1-2H3. The molecule has 70 valence electrons. The molecule has 0 aromatic carbocycles. The predicted octanol–water partition coefficient (Wildman–Crippen LogP) is 1.84. The van der Waals surface area contributed by atoms with Crippen LogP contribution in [-0.4, -0.2) is 25.9 Å².